The maximum atomic E-state index is 12.7. The molecule has 26 heavy (non-hydrogen) atoms. The summed E-state index contributed by atoms with van der Waals surface area (Å²) in [5.74, 6) is 0.120. The summed E-state index contributed by atoms with van der Waals surface area (Å²) >= 11 is 0. The number of piperidine rings is 1. The summed E-state index contributed by atoms with van der Waals surface area (Å²) in [7, 11) is 0. The zero-order valence-electron chi connectivity index (χ0n) is 16.0. The van der Waals surface area contributed by atoms with Gasteiger partial charge >= 0.3 is 0 Å². The minimum atomic E-state index is -0.223. The lowest BCUT2D eigenvalue weighted by atomic mass is 9.79. The van der Waals surface area contributed by atoms with Gasteiger partial charge in [-0.3, -0.25) is 14.5 Å². The SMILES string of the molecule is CC(C(=O)Nc1cccc(N2CCCC2=O)c1)N1CCC(N)C(C)(C)C1. The largest absolute Gasteiger partial charge is 0.327 e. The number of likely N-dealkylation sites (tertiary alicyclic amines) is 1. The third kappa shape index (κ3) is 3.91. The summed E-state index contributed by atoms with van der Waals surface area (Å²) in [6.45, 7) is 8.65. The van der Waals surface area contributed by atoms with Gasteiger partial charge in [-0.1, -0.05) is 19.9 Å². The Hall–Kier alpha value is -1.92. The predicted molar refractivity (Wildman–Crippen MR) is 104 cm³/mol. The van der Waals surface area contributed by atoms with Crippen LogP contribution in [-0.4, -0.2) is 48.4 Å². The number of carbonyl (C=O) groups excluding carboxylic acids is 2. The van der Waals surface area contributed by atoms with Crippen LogP contribution in [0.15, 0.2) is 24.3 Å². The molecular formula is C20H30N4O2. The van der Waals surface area contributed by atoms with Crippen molar-refractivity contribution in [2.45, 2.75) is 52.1 Å². The third-order valence-electron chi connectivity index (χ3n) is 5.77. The zero-order chi connectivity index (χ0) is 18.9. The number of anilines is 2. The first-order valence-electron chi connectivity index (χ1n) is 9.49. The normalized spacial score (nSPS) is 24.5. The Kier molecular flexibility index (Phi) is 5.34. The van der Waals surface area contributed by atoms with Crippen molar-refractivity contribution in [2.75, 3.05) is 29.9 Å². The van der Waals surface area contributed by atoms with Gasteiger partial charge in [0.05, 0.1) is 6.04 Å². The Balaban J connectivity index is 1.65. The first-order valence-corrected chi connectivity index (χ1v) is 9.49. The molecule has 0 aromatic heterocycles. The van der Waals surface area contributed by atoms with E-state index in [4.69, 9.17) is 5.73 Å². The summed E-state index contributed by atoms with van der Waals surface area (Å²) in [4.78, 5) is 28.7. The summed E-state index contributed by atoms with van der Waals surface area (Å²) in [5, 5.41) is 3.01. The van der Waals surface area contributed by atoms with Gasteiger partial charge in [0.2, 0.25) is 11.8 Å². The highest BCUT2D eigenvalue weighted by atomic mass is 16.2. The molecule has 2 fully saturated rings. The van der Waals surface area contributed by atoms with Gasteiger partial charge in [-0.05, 0) is 43.4 Å². The molecule has 3 N–H and O–H groups in total. The van der Waals surface area contributed by atoms with Gasteiger partial charge in [0.15, 0.2) is 0 Å². The minimum absolute atomic E-state index is 0.00280. The number of nitrogens with zero attached hydrogens (tertiary/aromatic N) is 2. The number of benzene rings is 1. The monoisotopic (exact) mass is 358 g/mol. The lowest BCUT2D eigenvalue weighted by Crippen LogP contribution is -2.56. The topological polar surface area (TPSA) is 78.7 Å². The second-order valence-electron chi connectivity index (χ2n) is 8.22. The van der Waals surface area contributed by atoms with Crippen molar-refractivity contribution in [2.24, 2.45) is 11.1 Å². The molecule has 0 radical (unpaired) electrons. The van der Waals surface area contributed by atoms with Crippen LogP contribution in [0.4, 0.5) is 11.4 Å². The van der Waals surface area contributed by atoms with Crippen molar-refractivity contribution < 1.29 is 9.59 Å². The van der Waals surface area contributed by atoms with Crippen LogP contribution in [0.1, 0.15) is 40.0 Å². The number of rotatable bonds is 4. The molecule has 2 aliphatic heterocycles. The molecule has 2 atom stereocenters. The fraction of sp³-hybridized carbons (Fsp3) is 0.600. The van der Waals surface area contributed by atoms with E-state index in [1.54, 1.807) is 4.90 Å². The van der Waals surface area contributed by atoms with Crippen LogP contribution < -0.4 is 16.0 Å². The molecule has 6 nitrogen and oxygen atoms in total. The van der Waals surface area contributed by atoms with Crippen LogP contribution in [0.5, 0.6) is 0 Å². The van der Waals surface area contributed by atoms with Gasteiger partial charge in [-0.25, -0.2) is 0 Å². The van der Waals surface area contributed by atoms with Gasteiger partial charge in [0.25, 0.3) is 0 Å². The van der Waals surface area contributed by atoms with Crippen LogP contribution in [-0.2, 0) is 9.59 Å². The third-order valence-corrected chi connectivity index (χ3v) is 5.77. The van der Waals surface area contributed by atoms with Crippen LogP contribution >= 0.6 is 0 Å². The Labute approximate surface area is 155 Å². The van der Waals surface area contributed by atoms with Crippen LogP contribution in [0.3, 0.4) is 0 Å². The molecule has 2 amide bonds. The molecule has 2 heterocycles. The number of nitrogens with one attached hydrogen (secondary N) is 1. The lowest BCUT2D eigenvalue weighted by Gasteiger charge is -2.44. The molecule has 0 bridgehead atoms. The molecule has 2 aliphatic rings. The number of hydrogen-bond donors (Lipinski definition) is 2. The standard InChI is InChI=1S/C20H30N4O2/c1-14(23-11-9-17(21)20(2,3)13-23)19(26)22-15-6-4-7-16(12-15)24-10-5-8-18(24)25/h4,6-7,12,14,17H,5,8-11,13,21H2,1-3H3,(H,22,26). The Morgan fingerprint density at radius 3 is 2.77 bits per heavy atom. The molecule has 2 saturated heterocycles. The predicted octanol–water partition coefficient (Wildman–Crippen LogP) is 2.20. The van der Waals surface area contributed by atoms with E-state index >= 15 is 0 Å². The molecule has 0 saturated carbocycles. The van der Waals surface area contributed by atoms with Crippen molar-refractivity contribution in [3.63, 3.8) is 0 Å². The summed E-state index contributed by atoms with van der Waals surface area (Å²) in [6, 6.07) is 7.48. The van der Waals surface area contributed by atoms with Gasteiger partial charge < -0.3 is 16.0 Å². The second-order valence-corrected chi connectivity index (χ2v) is 8.22. The van der Waals surface area contributed by atoms with E-state index in [0.717, 1.165) is 43.9 Å². The Morgan fingerprint density at radius 1 is 1.35 bits per heavy atom. The van der Waals surface area contributed by atoms with Crippen LogP contribution in [0, 0.1) is 5.41 Å². The van der Waals surface area contributed by atoms with Crippen LogP contribution in [0.25, 0.3) is 0 Å². The first-order chi connectivity index (χ1) is 12.3. The van der Waals surface area contributed by atoms with Gasteiger partial charge in [0.1, 0.15) is 0 Å². The minimum Gasteiger partial charge on any atom is -0.327 e. The maximum absolute atomic E-state index is 12.7. The van der Waals surface area contributed by atoms with Crippen molar-refractivity contribution in [1.82, 2.24) is 4.90 Å². The average Bonchev–Trinajstić information content (AvgIpc) is 3.03. The molecule has 1 aromatic carbocycles. The highest BCUT2D eigenvalue weighted by Gasteiger charge is 2.36. The molecule has 1 aromatic rings. The molecular weight excluding hydrogens is 328 g/mol. The van der Waals surface area contributed by atoms with Gasteiger partial charge in [-0.15, -0.1) is 0 Å². The fourth-order valence-electron chi connectivity index (χ4n) is 3.83. The zero-order valence-corrected chi connectivity index (χ0v) is 16.0. The van der Waals surface area contributed by atoms with E-state index in [2.05, 4.69) is 24.1 Å². The highest BCUT2D eigenvalue weighted by molar-refractivity contribution is 5.98. The Morgan fingerprint density at radius 2 is 2.12 bits per heavy atom. The highest BCUT2D eigenvalue weighted by Crippen LogP contribution is 2.29. The molecule has 6 heteroatoms. The molecule has 142 valence electrons. The number of nitrogens with two attached hydrogens (primary N) is 1. The number of carbonyl (C=O) groups is 2. The summed E-state index contributed by atoms with van der Waals surface area (Å²) in [5.41, 5.74) is 7.78. The smallest absolute Gasteiger partial charge is 0.241 e. The Bertz CT molecular complexity index is 688. The fourth-order valence-corrected chi connectivity index (χ4v) is 3.83. The number of hydrogen-bond acceptors (Lipinski definition) is 4. The molecule has 0 aliphatic carbocycles. The average molecular weight is 358 g/mol. The summed E-state index contributed by atoms with van der Waals surface area (Å²) in [6.07, 6.45) is 2.39. The van der Waals surface area contributed by atoms with Gasteiger partial charge in [-0.2, -0.15) is 0 Å². The molecule has 2 unspecified atom stereocenters. The number of amides is 2. The van der Waals surface area contributed by atoms with Crippen molar-refractivity contribution in [3.8, 4) is 0 Å². The quantitative estimate of drug-likeness (QED) is 0.865. The van der Waals surface area contributed by atoms with E-state index < -0.39 is 0 Å². The molecule has 0 spiro atoms. The van der Waals surface area contributed by atoms with Crippen LogP contribution in [0.2, 0.25) is 0 Å². The van der Waals surface area contributed by atoms with E-state index in [0.29, 0.717) is 6.42 Å². The van der Waals surface area contributed by atoms with E-state index in [1.165, 1.54) is 0 Å². The maximum Gasteiger partial charge on any atom is 0.241 e. The van der Waals surface area contributed by atoms with E-state index in [9.17, 15) is 9.59 Å². The van der Waals surface area contributed by atoms with E-state index in [1.807, 2.05) is 31.2 Å². The van der Waals surface area contributed by atoms with Crippen molar-refractivity contribution >= 4 is 23.2 Å². The van der Waals surface area contributed by atoms with E-state index in [-0.39, 0.29) is 29.3 Å². The summed E-state index contributed by atoms with van der Waals surface area (Å²) < 4.78 is 0. The van der Waals surface area contributed by atoms with Crippen molar-refractivity contribution in [3.05, 3.63) is 24.3 Å². The lowest BCUT2D eigenvalue weighted by molar-refractivity contribution is -0.122. The second kappa shape index (κ2) is 7.37. The molecule has 3 rings (SSSR count). The van der Waals surface area contributed by atoms with Crippen molar-refractivity contribution in [1.29, 1.82) is 0 Å². The first kappa shape index (κ1) is 18.9. The van der Waals surface area contributed by atoms with Gasteiger partial charge in [0, 0.05) is 43.5 Å².